The van der Waals surface area contributed by atoms with Crippen molar-refractivity contribution in [1.82, 2.24) is 4.57 Å². The number of allylic oxidation sites excluding steroid dienone is 1. The zero-order valence-corrected chi connectivity index (χ0v) is 13.3. The summed E-state index contributed by atoms with van der Waals surface area (Å²) in [6.07, 6.45) is 7.54. The largest absolute Gasteiger partial charge is 0.289 e. The molecule has 3 rings (SSSR count). The number of carbonyl (C=O) groups is 1. The molecule has 114 valence electrons. The van der Waals surface area contributed by atoms with Gasteiger partial charge in [-0.05, 0) is 6.92 Å². The average Bonchev–Trinajstić information content (AvgIpc) is 3.00. The van der Waals surface area contributed by atoms with Gasteiger partial charge in [0.05, 0.1) is 7.05 Å². The molecule has 1 heterocycles. The fraction of sp³-hybridized carbons (Fsp3) is 0.100. The van der Waals surface area contributed by atoms with E-state index in [1.807, 2.05) is 77.4 Å². The van der Waals surface area contributed by atoms with Gasteiger partial charge in [0.1, 0.15) is 18.1 Å². The minimum Gasteiger partial charge on any atom is -0.289 e. The second-order valence-corrected chi connectivity index (χ2v) is 5.61. The van der Waals surface area contributed by atoms with Crippen LogP contribution < -0.4 is 4.57 Å². The number of benzene rings is 2. The summed E-state index contributed by atoms with van der Waals surface area (Å²) in [5, 5.41) is 0. The number of imidazole rings is 1. The highest BCUT2D eigenvalue weighted by Gasteiger charge is 2.14. The van der Waals surface area contributed by atoms with Crippen LogP contribution in [0.4, 0.5) is 0 Å². The number of nitrogens with zero attached hydrogens (tertiary/aromatic N) is 2. The van der Waals surface area contributed by atoms with Gasteiger partial charge in [-0.2, -0.15) is 0 Å². The lowest BCUT2D eigenvalue weighted by molar-refractivity contribution is -0.670. The number of ketones is 1. The van der Waals surface area contributed by atoms with Crippen LogP contribution in [-0.4, -0.2) is 10.4 Å². The summed E-state index contributed by atoms with van der Waals surface area (Å²) in [6.45, 7) is 2.05. The Hall–Kier alpha value is -2.94. The van der Waals surface area contributed by atoms with Crippen LogP contribution in [0, 0.1) is 6.92 Å². The van der Waals surface area contributed by atoms with Crippen molar-refractivity contribution in [3.05, 3.63) is 96.1 Å². The second kappa shape index (κ2) is 6.44. The summed E-state index contributed by atoms with van der Waals surface area (Å²) >= 11 is 0. The smallest absolute Gasteiger partial charge is 0.248 e. The molecule has 0 spiro atoms. The van der Waals surface area contributed by atoms with Gasteiger partial charge in [0.15, 0.2) is 5.78 Å². The van der Waals surface area contributed by atoms with Gasteiger partial charge in [-0.15, -0.1) is 0 Å². The van der Waals surface area contributed by atoms with E-state index < -0.39 is 0 Å². The Bertz CT molecular complexity index is 843. The normalized spacial score (nSPS) is 11.5. The summed E-state index contributed by atoms with van der Waals surface area (Å²) in [7, 11) is 1.96. The molecule has 0 aliphatic carbocycles. The Morgan fingerprint density at radius 1 is 1.00 bits per heavy atom. The summed E-state index contributed by atoms with van der Waals surface area (Å²) < 4.78 is 3.92. The Morgan fingerprint density at radius 3 is 2.30 bits per heavy atom. The van der Waals surface area contributed by atoms with Crippen molar-refractivity contribution in [2.75, 3.05) is 0 Å². The van der Waals surface area contributed by atoms with E-state index in [0.717, 1.165) is 11.3 Å². The highest BCUT2D eigenvalue weighted by atomic mass is 16.1. The van der Waals surface area contributed by atoms with Crippen molar-refractivity contribution in [3.8, 4) is 0 Å². The van der Waals surface area contributed by atoms with Gasteiger partial charge >= 0.3 is 0 Å². The predicted molar refractivity (Wildman–Crippen MR) is 90.9 cm³/mol. The predicted octanol–water partition coefficient (Wildman–Crippen LogP) is 3.39. The maximum atomic E-state index is 12.6. The van der Waals surface area contributed by atoms with E-state index in [2.05, 4.69) is 19.1 Å². The summed E-state index contributed by atoms with van der Waals surface area (Å²) in [4.78, 5) is 12.6. The lowest BCUT2D eigenvalue weighted by atomic mass is 10.1. The molecule has 3 heteroatoms. The molecule has 0 saturated carbocycles. The first-order valence-electron chi connectivity index (χ1n) is 7.55. The fourth-order valence-electron chi connectivity index (χ4n) is 2.43. The molecule has 1 aromatic heterocycles. The van der Waals surface area contributed by atoms with Gasteiger partial charge in [0.2, 0.25) is 6.33 Å². The van der Waals surface area contributed by atoms with Crippen molar-refractivity contribution >= 4 is 11.5 Å². The van der Waals surface area contributed by atoms with Gasteiger partial charge in [-0.25, -0.2) is 9.13 Å². The molecular formula is C20H19N2O+. The number of aromatic nitrogens is 2. The third-order valence-corrected chi connectivity index (χ3v) is 3.72. The topological polar surface area (TPSA) is 25.9 Å². The molecule has 0 amide bonds. The maximum Gasteiger partial charge on any atom is 0.248 e. The van der Waals surface area contributed by atoms with Gasteiger partial charge in [0.25, 0.3) is 0 Å². The molecule has 3 nitrogen and oxygen atoms in total. The molecule has 23 heavy (non-hydrogen) atoms. The van der Waals surface area contributed by atoms with Crippen LogP contribution in [0.3, 0.4) is 0 Å². The zero-order valence-electron chi connectivity index (χ0n) is 13.3. The van der Waals surface area contributed by atoms with Crippen LogP contribution in [0.1, 0.15) is 21.5 Å². The number of hydrogen-bond donors (Lipinski definition) is 0. The number of aryl methyl sites for hydroxylation is 2. The van der Waals surface area contributed by atoms with Gasteiger partial charge in [0, 0.05) is 17.2 Å². The Morgan fingerprint density at radius 2 is 1.70 bits per heavy atom. The lowest BCUT2D eigenvalue weighted by Gasteiger charge is -2.05. The van der Waals surface area contributed by atoms with Crippen LogP contribution in [0.5, 0.6) is 0 Å². The van der Waals surface area contributed by atoms with Crippen LogP contribution in [0.2, 0.25) is 0 Å². The molecule has 0 radical (unpaired) electrons. The third-order valence-electron chi connectivity index (χ3n) is 3.72. The fourth-order valence-corrected chi connectivity index (χ4v) is 2.43. The molecule has 0 bridgehead atoms. The average molecular weight is 303 g/mol. The molecule has 0 aliphatic heterocycles. The van der Waals surface area contributed by atoms with Gasteiger partial charge in [-0.3, -0.25) is 4.79 Å². The van der Waals surface area contributed by atoms with Crippen LogP contribution in [0.15, 0.2) is 79.4 Å². The standard InChI is InChI=1S/C20H19N2O/c1-16-8-10-17(11-9-16)19(22-13-12-21(2)15-22)14-20(23)18-6-4-3-5-7-18/h3-15H,1-2H3/q+1/b19-14+. The molecular weight excluding hydrogens is 284 g/mol. The van der Waals surface area contributed by atoms with E-state index in [-0.39, 0.29) is 5.78 Å². The minimum absolute atomic E-state index is 0.00229. The maximum absolute atomic E-state index is 12.6. The van der Waals surface area contributed by atoms with E-state index in [9.17, 15) is 4.79 Å². The number of carbonyl (C=O) groups excluding carboxylic acids is 1. The zero-order chi connectivity index (χ0) is 16.2. The highest BCUT2D eigenvalue weighted by molar-refractivity contribution is 6.08. The molecule has 3 aromatic rings. The molecule has 0 unspecified atom stereocenters. The van der Waals surface area contributed by atoms with E-state index in [4.69, 9.17) is 0 Å². The monoisotopic (exact) mass is 303 g/mol. The SMILES string of the molecule is Cc1ccc(/C(=C\C(=O)c2ccccc2)n2cc[n+](C)c2)cc1. The van der Waals surface area contributed by atoms with E-state index in [1.165, 1.54) is 5.56 Å². The first-order chi connectivity index (χ1) is 11.1. The third kappa shape index (κ3) is 3.46. The van der Waals surface area contributed by atoms with Crippen LogP contribution in [-0.2, 0) is 7.05 Å². The summed E-state index contributed by atoms with van der Waals surface area (Å²) in [5.41, 5.74) is 3.75. The second-order valence-electron chi connectivity index (χ2n) is 5.61. The van der Waals surface area contributed by atoms with Crippen molar-refractivity contribution in [3.63, 3.8) is 0 Å². The quantitative estimate of drug-likeness (QED) is 0.412. The highest BCUT2D eigenvalue weighted by Crippen LogP contribution is 2.18. The van der Waals surface area contributed by atoms with E-state index in [1.54, 1.807) is 6.08 Å². The molecule has 0 saturated heterocycles. The molecule has 0 atom stereocenters. The Balaban J connectivity index is 2.06. The molecule has 2 aromatic carbocycles. The summed E-state index contributed by atoms with van der Waals surface area (Å²) in [6, 6.07) is 17.5. The van der Waals surface area contributed by atoms with Gasteiger partial charge in [-0.1, -0.05) is 60.2 Å². The number of hydrogen-bond acceptors (Lipinski definition) is 1. The van der Waals surface area contributed by atoms with Gasteiger partial charge < -0.3 is 0 Å². The molecule has 0 N–H and O–H groups in total. The first-order valence-corrected chi connectivity index (χ1v) is 7.55. The first kappa shape index (κ1) is 15.0. The van der Waals surface area contributed by atoms with Crippen LogP contribution in [0.25, 0.3) is 5.70 Å². The number of rotatable bonds is 4. The van der Waals surface area contributed by atoms with E-state index >= 15 is 0 Å². The lowest BCUT2D eigenvalue weighted by Crippen LogP contribution is -2.23. The van der Waals surface area contributed by atoms with Crippen molar-refractivity contribution in [2.45, 2.75) is 6.92 Å². The van der Waals surface area contributed by atoms with E-state index in [0.29, 0.717) is 5.56 Å². The Kier molecular flexibility index (Phi) is 4.20. The Labute approximate surface area is 136 Å². The van der Waals surface area contributed by atoms with Crippen molar-refractivity contribution < 1.29 is 9.36 Å². The van der Waals surface area contributed by atoms with Crippen molar-refractivity contribution in [2.24, 2.45) is 7.05 Å². The molecule has 0 fully saturated rings. The molecule has 0 aliphatic rings. The minimum atomic E-state index is -0.00229. The van der Waals surface area contributed by atoms with Crippen molar-refractivity contribution in [1.29, 1.82) is 0 Å². The van der Waals surface area contributed by atoms with Crippen LogP contribution >= 0.6 is 0 Å². The summed E-state index contributed by atoms with van der Waals surface area (Å²) in [5.74, 6) is -0.00229.